The average Bonchev–Trinajstić information content (AvgIpc) is 2.46. The summed E-state index contributed by atoms with van der Waals surface area (Å²) in [5.41, 5.74) is 2.13. The highest BCUT2D eigenvalue weighted by molar-refractivity contribution is 6.30. The third-order valence-corrected chi connectivity index (χ3v) is 3.16. The molecule has 0 fully saturated rings. The molecule has 4 heteroatoms. The number of ether oxygens (including phenoxy) is 2. The lowest BCUT2D eigenvalue weighted by Gasteiger charge is -2.13. The van der Waals surface area contributed by atoms with Gasteiger partial charge in [-0.3, -0.25) is 0 Å². The van der Waals surface area contributed by atoms with Crippen molar-refractivity contribution >= 4 is 11.6 Å². The van der Waals surface area contributed by atoms with Crippen molar-refractivity contribution in [1.82, 2.24) is 5.32 Å². The minimum Gasteiger partial charge on any atom is -0.497 e. The standard InChI is InChI=1S/C16H18ClNO2/c1-18-10-13-6-7-15(19-2)9-16(13)20-11-12-4-3-5-14(17)8-12/h3-9,18H,10-11H2,1-2H3. The monoisotopic (exact) mass is 291 g/mol. The fraction of sp³-hybridized carbons (Fsp3) is 0.250. The van der Waals surface area contributed by atoms with Gasteiger partial charge in [0.25, 0.3) is 0 Å². The smallest absolute Gasteiger partial charge is 0.127 e. The third kappa shape index (κ3) is 3.89. The Hall–Kier alpha value is -1.71. The number of nitrogens with one attached hydrogen (secondary N) is 1. The maximum Gasteiger partial charge on any atom is 0.127 e. The summed E-state index contributed by atoms with van der Waals surface area (Å²) in [4.78, 5) is 0. The largest absolute Gasteiger partial charge is 0.497 e. The lowest BCUT2D eigenvalue weighted by molar-refractivity contribution is 0.300. The summed E-state index contributed by atoms with van der Waals surface area (Å²) >= 11 is 5.97. The van der Waals surface area contributed by atoms with E-state index < -0.39 is 0 Å². The van der Waals surface area contributed by atoms with E-state index in [4.69, 9.17) is 21.1 Å². The number of hydrogen-bond donors (Lipinski definition) is 1. The van der Waals surface area contributed by atoms with Crippen molar-refractivity contribution in [2.45, 2.75) is 13.2 Å². The van der Waals surface area contributed by atoms with E-state index in [0.717, 1.165) is 29.2 Å². The first kappa shape index (κ1) is 14.7. The molecule has 0 bridgehead atoms. The van der Waals surface area contributed by atoms with Crippen LogP contribution in [-0.4, -0.2) is 14.2 Å². The molecule has 1 N–H and O–H groups in total. The first-order valence-electron chi connectivity index (χ1n) is 6.41. The van der Waals surface area contributed by atoms with E-state index in [9.17, 15) is 0 Å². The van der Waals surface area contributed by atoms with Crippen molar-refractivity contribution in [1.29, 1.82) is 0 Å². The Labute approximate surface area is 124 Å². The summed E-state index contributed by atoms with van der Waals surface area (Å²) in [5, 5.41) is 3.84. The van der Waals surface area contributed by atoms with Crippen LogP contribution in [0.15, 0.2) is 42.5 Å². The quantitative estimate of drug-likeness (QED) is 0.881. The van der Waals surface area contributed by atoms with Gasteiger partial charge in [-0.15, -0.1) is 0 Å². The van der Waals surface area contributed by atoms with Crippen molar-refractivity contribution in [2.24, 2.45) is 0 Å². The zero-order valence-electron chi connectivity index (χ0n) is 11.7. The molecule has 2 aromatic carbocycles. The highest BCUT2D eigenvalue weighted by Gasteiger charge is 2.06. The molecule has 3 nitrogen and oxygen atoms in total. The van der Waals surface area contributed by atoms with Crippen molar-refractivity contribution in [3.8, 4) is 11.5 Å². The van der Waals surface area contributed by atoms with E-state index in [1.54, 1.807) is 7.11 Å². The normalized spacial score (nSPS) is 10.3. The van der Waals surface area contributed by atoms with Crippen LogP contribution in [0.1, 0.15) is 11.1 Å². The molecule has 0 spiro atoms. The lowest BCUT2D eigenvalue weighted by atomic mass is 10.2. The molecule has 0 radical (unpaired) electrons. The predicted octanol–water partition coefficient (Wildman–Crippen LogP) is 3.65. The van der Waals surface area contributed by atoms with Crippen LogP contribution < -0.4 is 14.8 Å². The second-order valence-electron chi connectivity index (χ2n) is 4.42. The molecule has 20 heavy (non-hydrogen) atoms. The van der Waals surface area contributed by atoms with Crippen LogP contribution in [0.3, 0.4) is 0 Å². The Balaban J connectivity index is 2.14. The summed E-state index contributed by atoms with van der Waals surface area (Å²) < 4.78 is 11.1. The van der Waals surface area contributed by atoms with Crippen molar-refractivity contribution in [3.05, 3.63) is 58.6 Å². The zero-order valence-corrected chi connectivity index (χ0v) is 12.4. The molecule has 2 aromatic rings. The third-order valence-electron chi connectivity index (χ3n) is 2.92. The highest BCUT2D eigenvalue weighted by Crippen LogP contribution is 2.26. The minimum absolute atomic E-state index is 0.477. The summed E-state index contributed by atoms with van der Waals surface area (Å²) in [6.45, 7) is 1.22. The maximum atomic E-state index is 5.97. The molecule has 0 aliphatic rings. The van der Waals surface area contributed by atoms with E-state index in [-0.39, 0.29) is 0 Å². The van der Waals surface area contributed by atoms with Crippen LogP contribution in [0.5, 0.6) is 11.5 Å². The number of methoxy groups -OCH3 is 1. The van der Waals surface area contributed by atoms with Gasteiger partial charge < -0.3 is 14.8 Å². The molecule has 0 aliphatic carbocycles. The molecule has 0 heterocycles. The summed E-state index contributed by atoms with van der Waals surface area (Å²) in [7, 11) is 3.55. The van der Waals surface area contributed by atoms with Crippen LogP contribution in [0.25, 0.3) is 0 Å². The minimum atomic E-state index is 0.477. The Kier molecular flexibility index (Phi) is 5.27. The van der Waals surface area contributed by atoms with Gasteiger partial charge in [0.05, 0.1) is 7.11 Å². The first-order chi connectivity index (χ1) is 9.72. The van der Waals surface area contributed by atoms with E-state index >= 15 is 0 Å². The molecule has 106 valence electrons. The molecule has 0 unspecified atom stereocenters. The van der Waals surface area contributed by atoms with Gasteiger partial charge in [-0.2, -0.15) is 0 Å². The fourth-order valence-corrected chi connectivity index (χ4v) is 2.13. The first-order valence-corrected chi connectivity index (χ1v) is 6.79. The second kappa shape index (κ2) is 7.17. The summed E-state index contributed by atoms with van der Waals surface area (Å²) in [6, 6.07) is 13.5. The van der Waals surface area contributed by atoms with Gasteiger partial charge in [0.15, 0.2) is 0 Å². The van der Waals surface area contributed by atoms with Crippen LogP contribution in [0.4, 0.5) is 0 Å². The molecular formula is C16H18ClNO2. The zero-order chi connectivity index (χ0) is 14.4. The summed E-state index contributed by atoms with van der Waals surface area (Å²) in [6.07, 6.45) is 0. The van der Waals surface area contributed by atoms with Gasteiger partial charge >= 0.3 is 0 Å². The molecule has 0 aliphatic heterocycles. The van der Waals surface area contributed by atoms with Gasteiger partial charge in [-0.1, -0.05) is 29.8 Å². The molecular weight excluding hydrogens is 274 g/mol. The van der Waals surface area contributed by atoms with E-state index in [1.165, 1.54) is 0 Å². The summed E-state index contributed by atoms with van der Waals surface area (Å²) in [5.74, 6) is 1.60. The number of benzene rings is 2. The molecule has 0 saturated heterocycles. The Morgan fingerprint density at radius 1 is 1.15 bits per heavy atom. The van der Waals surface area contributed by atoms with Crippen LogP contribution in [-0.2, 0) is 13.2 Å². The lowest BCUT2D eigenvalue weighted by Crippen LogP contribution is -2.07. The van der Waals surface area contributed by atoms with Gasteiger partial charge in [-0.05, 0) is 30.8 Å². The van der Waals surface area contributed by atoms with E-state index in [1.807, 2.05) is 49.5 Å². The topological polar surface area (TPSA) is 30.5 Å². The Bertz CT molecular complexity index is 572. The fourth-order valence-electron chi connectivity index (χ4n) is 1.92. The molecule has 0 amide bonds. The molecule has 0 aromatic heterocycles. The molecule has 0 saturated carbocycles. The van der Waals surface area contributed by atoms with Crippen LogP contribution >= 0.6 is 11.6 Å². The number of rotatable bonds is 6. The predicted molar refractivity (Wildman–Crippen MR) is 81.5 cm³/mol. The van der Waals surface area contributed by atoms with Gasteiger partial charge in [-0.25, -0.2) is 0 Å². The SMILES string of the molecule is CNCc1ccc(OC)cc1OCc1cccc(Cl)c1. The van der Waals surface area contributed by atoms with Crippen molar-refractivity contribution < 1.29 is 9.47 Å². The maximum absolute atomic E-state index is 5.97. The Morgan fingerprint density at radius 3 is 2.70 bits per heavy atom. The van der Waals surface area contributed by atoms with Gasteiger partial charge in [0.2, 0.25) is 0 Å². The van der Waals surface area contributed by atoms with E-state index in [0.29, 0.717) is 11.6 Å². The number of halogens is 1. The molecule has 0 atom stereocenters. The number of hydrogen-bond acceptors (Lipinski definition) is 3. The van der Waals surface area contributed by atoms with Crippen LogP contribution in [0, 0.1) is 0 Å². The van der Waals surface area contributed by atoms with E-state index in [2.05, 4.69) is 5.32 Å². The highest BCUT2D eigenvalue weighted by atomic mass is 35.5. The molecule has 2 rings (SSSR count). The second-order valence-corrected chi connectivity index (χ2v) is 4.86. The van der Waals surface area contributed by atoms with Gasteiger partial charge in [0, 0.05) is 23.2 Å². The van der Waals surface area contributed by atoms with Crippen molar-refractivity contribution in [3.63, 3.8) is 0 Å². The Morgan fingerprint density at radius 2 is 2.00 bits per heavy atom. The average molecular weight is 292 g/mol. The van der Waals surface area contributed by atoms with Gasteiger partial charge in [0.1, 0.15) is 18.1 Å². The van der Waals surface area contributed by atoms with Crippen molar-refractivity contribution in [2.75, 3.05) is 14.2 Å². The van der Waals surface area contributed by atoms with Crippen LogP contribution in [0.2, 0.25) is 5.02 Å².